The van der Waals surface area contributed by atoms with Crippen molar-refractivity contribution in [2.24, 2.45) is 0 Å². The van der Waals surface area contributed by atoms with E-state index in [-0.39, 0.29) is 17.6 Å². The standard InChI is InChI=1S/C20H22O5/c1-20(2,3)16-11-13(9-10-17(16)24-4)19(23)25-12-14-7-5-6-8-15(14)18(21)22/h5-11H,12H2,1-4H3,(H,21,22). The molecule has 2 rings (SSSR count). The average Bonchev–Trinajstić information content (AvgIpc) is 2.58. The van der Waals surface area contributed by atoms with Crippen LogP contribution in [0.1, 0.15) is 52.6 Å². The smallest absolute Gasteiger partial charge is 0.338 e. The Morgan fingerprint density at radius 1 is 1.08 bits per heavy atom. The molecule has 0 bridgehead atoms. The highest BCUT2D eigenvalue weighted by atomic mass is 16.5. The molecule has 0 amide bonds. The number of hydrogen-bond donors (Lipinski definition) is 1. The van der Waals surface area contributed by atoms with Gasteiger partial charge < -0.3 is 14.6 Å². The zero-order chi connectivity index (χ0) is 18.6. The third-order valence-electron chi connectivity index (χ3n) is 3.85. The van der Waals surface area contributed by atoms with Crippen LogP contribution in [-0.2, 0) is 16.8 Å². The van der Waals surface area contributed by atoms with Crippen molar-refractivity contribution in [3.05, 3.63) is 64.7 Å². The van der Waals surface area contributed by atoms with Crippen LogP contribution in [0.3, 0.4) is 0 Å². The molecule has 0 aliphatic carbocycles. The van der Waals surface area contributed by atoms with E-state index in [1.165, 1.54) is 6.07 Å². The lowest BCUT2D eigenvalue weighted by Crippen LogP contribution is -2.15. The van der Waals surface area contributed by atoms with Gasteiger partial charge in [0, 0.05) is 11.1 Å². The highest BCUT2D eigenvalue weighted by Crippen LogP contribution is 2.32. The minimum absolute atomic E-state index is 0.0990. The van der Waals surface area contributed by atoms with Crippen LogP contribution in [0, 0.1) is 0 Å². The maximum Gasteiger partial charge on any atom is 0.338 e. The van der Waals surface area contributed by atoms with E-state index in [9.17, 15) is 14.7 Å². The van der Waals surface area contributed by atoms with Gasteiger partial charge in [0.05, 0.1) is 18.2 Å². The Bertz CT molecular complexity index is 787. The quantitative estimate of drug-likeness (QED) is 0.830. The summed E-state index contributed by atoms with van der Waals surface area (Å²) >= 11 is 0. The monoisotopic (exact) mass is 342 g/mol. The van der Waals surface area contributed by atoms with E-state index in [1.807, 2.05) is 20.8 Å². The first kappa shape index (κ1) is 18.5. The van der Waals surface area contributed by atoms with Crippen molar-refractivity contribution >= 4 is 11.9 Å². The fourth-order valence-corrected chi connectivity index (χ4v) is 2.50. The van der Waals surface area contributed by atoms with Crippen molar-refractivity contribution in [1.29, 1.82) is 0 Å². The Hall–Kier alpha value is -2.82. The average molecular weight is 342 g/mol. The molecular formula is C20H22O5. The number of aromatic carboxylic acids is 1. The zero-order valence-corrected chi connectivity index (χ0v) is 14.8. The van der Waals surface area contributed by atoms with Gasteiger partial charge in [-0.15, -0.1) is 0 Å². The van der Waals surface area contributed by atoms with Gasteiger partial charge in [0.25, 0.3) is 0 Å². The topological polar surface area (TPSA) is 72.8 Å². The molecule has 0 saturated heterocycles. The molecule has 0 spiro atoms. The number of carbonyl (C=O) groups is 2. The van der Waals surface area contributed by atoms with Crippen molar-refractivity contribution in [1.82, 2.24) is 0 Å². The molecule has 0 aliphatic heterocycles. The first-order valence-corrected chi connectivity index (χ1v) is 7.91. The number of benzene rings is 2. The van der Waals surface area contributed by atoms with Crippen LogP contribution in [0.5, 0.6) is 5.75 Å². The minimum Gasteiger partial charge on any atom is -0.496 e. The van der Waals surface area contributed by atoms with Gasteiger partial charge in [-0.3, -0.25) is 0 Å². The molecule has 0 radical (unpaired) electrons. The molecular weight excluding hydrogens is 320 g/mol. The van der Waals surface area contributed by atoms with Gasteiger partial charge in [-0.2, -0.15) is 0 Å². The van der Waals surface area contributed by atoms with E-state index in [2.05, 4.69) is 0 Å². The van der Waals surface area contributed by atoms with Gasteiger partial charge in [-0.25, -0.2) is 9.59 Å². The van der Waals surface area contributed by atoms with E-state index >= 15 is 0 Å². The van der Waals surface area contributed by atoms with E-state index in [1.54, 1.807) is 43.5 Å². The highest BCUT2D eigenvalue weighted by Gasteiger charge is 2.21. The van der Waals surface area contributed by atoms with E-state index in [0.717, 1.165) is 5.56 Å². The van der Waals surface area contributed by atoms with Crippen molar-refractivity contribution in [2.45, 2.75) is 32.8 Å². The molecule has 0 atom stereocenters. The Morgan fingerprint density at radius 2 is 1.76 bits per heavy atom. The van der Waals surface area contributed by atoms with Crippen LogP contribution in [0.25, 0.3) is 0 Å². The van der Waals surface area contributed by atoms with Crippen LogP contribution in [0.15, 0.2) is 42.5 Å². The SMILES string of the molecule is COc1ccc(C(=O)OCc2ccccc2C(=O)O)cc1C(C)(C)C. The summed E-state index contributed by atoms with van der Waals surface area (Å²) in [6, 6.07) is 11.6. The lowest BCUT2D eigenvalue weighted by molar-refractivity contribution is 0.0465. The summed E-state index contributed by atoms with van der Waals surface area (Å²) in [5.41, 5.74) is 1.68. The summed E-state index contributed by atoms with van der Waals surface area (Å²) in [4.78, 5) is 23.6. The molecule has 132 valence electrons. The molecule has 0 heterocycles. The normalized spacial score (nSPS) is 11.0. The number of ether oxygens (including phenoxy) is 2. The fourth-order valence-electron chi connectivity index (χ4n) is 2.50. The summed E-state index contributed by atoms with van der Waals surface area (Å²) in [6.07, 6.45) is 0. The maximum absolute atomic E-state index is 12.4. The van der Waals surface area contributed by atoms with E-state index < -0.39 is 11.9 Å². The first-order valence-electron chi connectivity index (χ1n) is 7.91. The van der Waals surface area contributed by atoms with Crippen LogP contribution >= 0.6 is 0 Å². The Morgan fingerprint density at radius 3 is 2.36 bits per heavy atom. The number of carboxylic acid groups (broad SMARTS) is 1. The van der Waals surface area contributed by atoms with Crippen molar-refractivity contribution in [3.8, 4) is 5.75 Å². The number of hydrogen-bond acceptors (Lipinski definition) is 4. The van der Waals surface area contributed by atoms with Gasteiger partial charge >= 0.3 is 11.9 Å². The number of methoxy groups -OCH3 is 1. The first-order chi connectivity index (χ1) is 11.7. The molecule has 2 aromatic carbocycles. The zero-order valence-electron chi connectivity index (χ0n) is 14.8. The Balaban J connectivity index is 2.21. The molecule has 5 heteroatoms. The van der Waals surface area contributed by atoms with Gasteiger partial charge in [0.15, 0.2) is 0 Å². The summed E-state index contributed by atoms with van der Waals surface area (Å²) in [5, 5.41) is 9.18. The summed E-state index contributed by atoms with van der Waals surface area (Å²) in [6.45, 7) is 5.99. The van der Waals surface area contributed by atoms with Crippen molar-refractivity contribution < 1.29 is 24.2 Å². The number of carbonyl (C=O) groups excluding carboxylic acids is 1. The molecule has 0 saturated carbocycles. The molecule has 0 aliphatic rings. The summed E-state index contributed by atoms with van der Waals surface area (Å²) in [7, 11) is 1.59. The van der Waals surface area contributed by atoms with Crippen molar-refractivity contribution in [2.75, 3.05) is 7.11 Å². The van der Waals surface area contributed by atoms with E-state index in [4.69, 9.17) is 9.47 Å². The molecule has 0 aromatic heterocycles. The van der Waals surface area contributed by atoms with Crippen LogP contribution in [-0.4, -0.2) is 24.2 Å². The van der Waals surface area contributed by atoms with Gasteiger partial charge in [0.1, 0.15) is 12.4 Å². The molecule has 5 nitrogen and oxygen atoms in total. The Labute approximate surface area is 147 Å². The van der Waals surface area contributed by atoms with E-state index in [0.29, 0.717) is 16.9 Å². The minimum atomic E-state index is -1.05. The summed E-state index contributed by atoms with van der Waals surface area (Å²) in [5.74, 6) is -0.847. The lowest BCUT2D eigenvalue weighted by Gasteiger charge is -2.22. The number of rotatable bonds is 5. The molecule has 0 fully saturated rings. The van der Waals surface area contributed by atoms with Crippen LogP contribution in [0.4, 0.5) is 0 Å². The predicted molar refractivity (Wildman–Crippen MR) is 94.2 cm³/mol. The lowest BCUT2D eigenvalue weighted by atomic mass is 9.85. The number of esters is 1. The third-order valence-corrected chi connectivity index (χ3v) is 3.85. The second-order valence-electron chi connectivity index (χ2n) is 6.70. The van der Waals surface area contributed by atoms with Crippen LogP contribution in [0.2, 0.25) is 0 Å². The molecule has 1 N–H and O–H groups in total. The second-order valence-corrected chi connectivity index (χ2v) is 6.70. The fraction of sp³-hybridized carbons (Fsp3) is 0.300. The van der Waals surface area contributed by atoms with Crippen LogP contribution < -0.4 is 4.74 Å². The van der Waals surface area contributed by atoms with Gasteiger partial charge in [0.2, 0.25) is 0 Å². The molecule has 0 unspecified atom stereocenters. The second kappa shape index (κ2) is 7.38. The number of carboxylic acids is 1. The molecule has 2 aromatic rings. The van der Waals surface area contributed by atoms with Gasteiger partial charge in [-0.1, -0.05) is 39.0 Å². The molecule has 25 heavy (non-hydrogen) atoms. The summed E-state index contributed by atoms with van der Waals surface area (Å²) < 4.78 is 10.7. The predicted octanol–water partition coefficient (Wildman–Crippen LogP) is 4.05. The van der Waals surface area contributed by atoms with Gasteiger partial charge in [-0.05, 0) is 29.7 Å². The highest BCUT2D eigenvalue weighted by molar-refractivity contribution is 5.91. The largest absolute Gasteiger partial charge is 0.496 e. The Kier molecular flexibility index (Phi) is 5.47. The van der Waals surface area contributed by atoms with Crippen molar-refractivity contribution in [3.63, 3.8) is 0 Å². The maximum atomic E-state index is 12.4. The third kappa shape index (κ3) is 4.38.